The van der Waals surface area contributed by atoms with Gasteiger partial charge in [-0.1, -0.05) is 67.0 Å². The highest BCUT2D eigenvalue weighted by molar-refractivity contribution is 7.99. The number of carbonyl (C=O) groups is 2. The molecule has 0 saturated carbocycles. The topological polar surface area (TPSA) is 88.9 Å². The van der Waals surface area contributed by atoms with E-state index in [1.54, 1.807) is 34.9 Å². The third-order valence-electron chi connectivity index (χ3n) is 4.67. The summed E-state index contributed by atoms with van der Waals surface area (Å²) < 4.78 is 1.80. The lowest BCUT2D eigenvalue weighted by Crippen LogP contribution is -2.33. The van der Waals surface area contributed by atoms with Crippen LogP contribution < -0.4 is 10.6 Å². The van der Waals surface area contributed by atoms with Crippen LogP contribution in [0.4, 0.5) is 5.69 Å². The first kappa shape index (κ1) is 24.1. The number of amides is 2. The van der Waals surface area contributed by atoms with Gasteiger partial charge < -0.3 is 15.2 Å². The van der Waals surface area contributed by atoms with Gasteiger partial charge in [-0.2, -0.15) is 0 Å². The highest BCUT2D eigenvalue weighted by Gasteiger charge is 2.25. The molecule has 1 heterocycles. The largest absolute Gasteiger partial charge is 0.342 e. The maximum absolute atomic E-state index is 12.6. The quantitative estimate of drug-likeness (QED) is 0.433. The molecule has 0 spiro atoms. The van der Waals surface area contributed by atoms with Crippen molar-refractivity contribution < 1.29 is 9.59 Å². The number of nitrogens with one attached hydrogen (secondary N) is 2. The molecule has 0 fully saturated rings. The Morgan fingerprint density at radius 2 is 1.78 bits per heavy atom. The monoisotopic (exact) mass is 491 g/mol. The summed E-state index contributed by atoms with van der Waals surface area (Å²) in [7, 11) is 1.82. The number of halogens is 2. The minimum absolute atomic E-state index is 0.0846. The number of benzene rings is 2. The van der Waals surface area contributed by atoms with Crippen molar-refractivity contribution in [3.63, 3.8) is 0 Å². The number of nitrogens with zero attached hydrogens (tertiary/aromatic N) is 3. The number of carbonyl (C=O) groups excluding carboxylic acids is 2. The molecule has 0 aliphatic rings. The molecule has 0 aliphatic carbocycles. The van der Waals surface area contributed by atoms with E-state index in [0.29, 0.717) is 32.3 Å². The summed E-state index contributed by atoms with van der Waals surface area (Å²) in [6.07, 6.45) is 0. The van der Waals surface area contributed by atoms with E-state index in [0.717, 1.165) is 0 Å². The van der Waals surface area contributed by atoms with Crippen molar-refractivity contribution in [1.29, 1.82) is 0 Å². The van der Waals surface area contributed by atoms with Crippen LogP contribution in [0.2, 0.25) is 10.0 Å². The number of rotatable bonds is 8. The van der Waals surface area contributed by atoms with E-state index in [1.165, 1.54) is 11.8 Å². The second-order valence-corrected chi connectivity index (χ2v) is 9.18. The summed E-state index contributed by atoms with van der Waals surface area (Å²) in [5.74, 6) is 0.450. The second kappa shape index (κ2) is 10.8. The molecule has 7 nitrogen and oxygen atoms in total. The van der Waals surface area contributed by atoms with E-state index in [2.05, 4.69) is 20.8 Å². The van der Waals surface area contributed by atoms with Crippen LogP contribution in [-0.4, -0.2) is 32.3 Å². The Kier molecular flexibility index (Phi) is 8.17. The molecule has 3 aromatic rings. The summed E-state index contributed by atoms with van der Waals surface area (Å²) >= 11 is 13.1. The van der Waals surface area contributed by atoms with Crippen LogP contribution >= 0.6 is 35.0 Å². The molecule has 2 aromatic carbocycles. The molecule has 0 unspecified atom stereocenters. The Balaban J connectivity index is 1.65. The van der Waals surface area contributed by atoms with Gasteiger partial charge in [0.2, 0.25) is 5.91 Å². The SMILES string of the molecule is CC(C)[C@@H](NC(=O)c1ccccc1)c1nnc(SCC(=O)Nc2ccc(Cl)c(Cl)c2)n1C. The zero-order valence-electron chi connectivity index (χ0n) is 17.8. The van der Waals surface area contributed by atoms with Crippen molar-refractivity contribution in [2.75, 3.05) is 11.1 Å². The lowest BCUT2D eigenvalue weighted by atomic mass is 10.0. The van der Waals surface area contributed by atoms with E-state index in [-0.39, 0.29) is 29.5 Å². The molecule has 0 saturated heterocycles. The molecule has 2 amide bonds. The van der Waals surface area contributed by atoms with Gasteiger partial charge in [-0.15, -0.1) is 10.2 Å². The number of aromatic nitrogens is 3. The van der Waals surface area contributed by atoms with Crippen LogP contribution in [0.3, 0.4) is 0 Å². The predicted molar refractivity (Wildman–Crippen MR) is 128 cm³/mol. The van der Waals surface area contributed by atoms with Crippen molar-refractivity contribution in [2.45, 2.75) is 25.0 Å². The van der Waals surface area contributed by atoms with E-state index in [1.807, 2.05) is 39.1 Å². The smallest absolute Gasteiger partial charge is 0.251 e. The van der Waals surface area contributed by atoms with Crippen molar-refractivity contribution >= 4 is 52.5 Å². The van der Waals surface area contributed by atoms with Gasteiger partial charge in [-0.25, -0.2) is 0 Å². The fourth-order valence-electron chi connectivity index (χ4n) is 2.97. The van der Waals surface area contributed by atoms with Gasteiger partial charge >= 0.3 is 0 Å². The average Bonchev–Trinajstić information content (AvgIpc) is 3.13. The number of anilines is 1. The van der Waals surface area contributed by atoms with Crippen LogP contribution in [-0.2, 0) is 11.8 Å². The molecule has 3 rings (SSSR count). The van der Waals surface area contributed by atoms with E-state index in [4.69, 9.17) is 23.2 Å². The number of hydrogen-bond acceptors (Lipinski definition) is 5. The van der Waals surface area contributed by atoms with Crippen molar-refractivity contribution in [3.05, 3.63) is 70.0 Å². The molecule has 10 heteroatoms. The molecular formula is C22H23Cl2N5O2S. The van der Waals surface area contributed by atoms with Gasteiger partial charge in [0, 0.05) is 18.3 Å². The molecule has 2 N–H and O–H groups in total. The summed E-state index contributed by atoms with van der Waals surface area (Å²) in [5, 5.41) is 15.7. The van der Waals surface area contributed by atoms with E-state index in [9.17, 15) is 9.59 Å². The molecule has 1 aromatic heterocycles. The maximum atomic E-state index is 12.6. The van der Waals surface area contributed by atoms with Crippen molar-refractivity contribution in [2.24, 2.45) is 13.0 Å². The summed E-state index contributed by atoms with van der Waals surface area (Å²) in [6, 6.07) is 13.6. The Morgan fingerprint density at radius 3 is 2.44 bits per heavy atom. The molecule has 0 bridgehead atoms. The van der Waals surface area contributed by atoms with Gasteiger partial charge in [-0.05, 0) is 36.2 Å². The van der Waals surface area contributed by atoms with E-state index < -0.39 is 0 Å². The van der Waals surface area contributed by atoms with Gasteiger partial charge in [0.15, 0.2) is 11.0 Å². The minimum atomic E-state index is -0.334. The Bertz CT molecular complexity index is 1100. The van der Waals surface area contributed by atoms with Crippen LogP contribution in [0.5, 0.6) is 0 Å². The molecule has 168 valence electrons. The highest BCUT2D eigenvalue weighted by atomic mass is 35.5. The second-order valence-electron chi connectivity index (χ2n) is 7.43. The lowest BCUT2D eigenvalue weighted by Gasteiger charge is -2.21. The normalized spacial score (nSPS) is 11.9. The average molecular weight is 492 g/mol. The molecule has 0 radical (unpaired) electrons. The van der Waals surface area contributed by atoms with Gasteiger partial charge in [0.1, 0.15) is 0 Å². The zero-order chi connectivity index (χ0) is 23.3. The Hall–Kier alpha value is -2.55. The minimum Gasteiger partial charge on any atom is -0.342 e. The van der Waals surface area contributed by atoms with Crippen molar-refractivity contribution in [1.82, 2.24) is 20.1 Å². The first-order valence-electron chi connectivity index (χ1n) is 9.89. The third-order valence-corrected chi connectivity index (χ3v) is 6.43. The summed E-state index contributed by atoms with van der Waals surface area (Å²) in [5.41, 5.74) is 1.14. The van der Waals surface area contributed by atoms with Crippen LogP contribution in [0, 0.1) is 5.92 Å². The standard InChI is InChI=1S/C22H23Cl2N5O2S/c1-13(2)19(26-21(31)14-7-5-4-6-8-14)20-27-28-22(29(20)3)32-12-18(30)25-15-9-10-16(23)17(24)11-15/h4-11,13,19H,12H2,1-3H3,(H,25,30)(H,26,31)/t19-/m1/s1. The van der Waals surface area contributed by atoms with Gasteiger partial charge in [0.25, 0.3) is 5.91 Å². The molecule has 0 aliphatic heterocycles. The van der Waals surface area contributed by atoms with Gasteiger partial charge in [-0.3, -0.25) is 9.59 Å². The maximum Gasteiger partial charge on any atom is 0.251 e. The first-order chi connectivity index (χ1) is 15.3. The fourth-order valence-corrected chi connectivity index (χ4v) is 3.98. The van der Waals surface area contributed by atoms with Crippen molar-refractivity contribution in [3.8, 4) is 0 Å². The number of hydrogen-bond donors (Lipinski definition) is 2. The zero-order valence-corrected chi connectivity index (χ0v) is 20.1. The van der Waals surface area contributed by atoms with Gasteiger partial charge in [0.05, 0.1) is 21.8 Å². The summed E-state index contributed by atoms with van der Waals surface area (Å²) in [4.78, 5) is 25.0. The summed E-state index contributed by atoms with van der Waals surface area (Å²) in [6.45, 7) is 4.00. The Morgan fingerprint density at radius 1 is 1.06 bits per heavy atom. The van der Waals surface area contributed by atoms with Crippen LogP contribution in [0.1, 0.15) is 36.1 Å². The first-order valence-corrected chi connectivity index (χ1v) is 11.6. The highest BCUT2D eigenvalue weighted by Crippen LogP contribution is 2.26. The fraction of sp³-hybridized carbons (Fsp3) is 0.273. The Labute approximate surface area is 200 Å². The molecular weight excluding hydrogens is 469 g/mol. The molecule has 32 heavy (non-hydrogen) atoms. The van der Waals surface area contributed by atoms with E-state index >= 15 is 0 Å². The van der Waals surface area contributed by atoms with Crippen LogP contribution in [0.25, 0.3) is 0 Å². The number of thioether (sulfide) groups is 1. The predicted octanol–water partition coefficient (Wildman–Crippen LogP) is 4.98. The molecule has 1 atom stereocenters. The third kappa shape index (κ3) is 6.03. The van der Waals surface area contributed by atoms with Crippen LogP contribution in [0.15, 0.2) is 53.7 Å². The lowest BCUT2D eigenvalue weighted by molar-refractivity contribution is -0.113.